The molecule has 0 aliphatic carbocycles. The van der Waals surface area contributed by atoms with E-state index in [9.17, 15) is 4.39 Å². The van der Waals surface area contributed by atoms with Crippen molar-refractivity contribution in [2.24, 2.45) is 5.41 Å². The summed E-state index contributed by atoms with van der Waals surface area (Å²) in [5.74, 6) is -0.120. The van der Waals surface area contributed by atoms with Crippen molar-refractivity contribution in [1.82, 2.24) is 10.2 Å². The molecule has 3 heteroatoms. The number of benzene rings is 1. The van der Waals surface area contributed by atoms with E-state index in [-0.39, 0.29) is 17.3 Å². The maximum absolute atomic E-state index is 14.0. The summed E-state index contributed by atoms with van der Waals surface area (Å²) >= 11 is 0. The molecule has 0 heterocycles. The van der Waals surface area contributed by atoms with Crippen molar-refractivity contribution in [3.8, 4) is 0 Å². The Hall–Kier alpha value is -0.930. The van der Waals surface area contributed by atoms with Gasteiger partial charge in [-0.1, -0.05) is 45.9 Å². The highest BCUT2D eigenvalue weighted by Gasteiger charge is 2.20. The average Bonchev–Trinajstić information content (AvgIpc) is 2.33. The Kier molecular flexibility index (Phi) is 6.63. The van der Waals surface area contributed by atoms with E-state index in [0.717, 1.165) is 31.6 Å². The van der Waals surface area contributed by atoms with Crippen LogP contribution in [0.25, 0.3) is 0 Å². The second-order valence-corrected chi connectivity index (χ2v) is 6.79. The lowest BCUT2D eigenvalue weighted by Crippen LogP contribution is -2.37. The average molecular weight is 280 g/mol. The van der Waals surface area contributed by atoms with Gasteiger partial charge in [0.2, 0.25) is 0 Å². The summed E-state index contributed by atoms with van der Waals surface area (Å²) in [6.45, 7) is 11.5. The van der Waals surface area contributed by atoms with Gasteiger partial charge in [-0.2, -0.15) is 0 Å². The zero-order chi connectivity index (χ0) is 15.2. The van der Waals surface area contributed by atoms with Gasteiger partial charge in [-0.3, -0.25) is 0 Å². The number of nitrogens with zero attached hydrogens (tertiary/aromatic N) is 1. The fraction of sp³-hybridized carbons (Fsp3) is 0.647. The molecule has 1 aromatic carbocycles. The molecule has 0 saturated heterocycles. The first-order chi connectivity index (χ1) is 9.33. The van der Waals surface area contributed by atoms with E-state index in [1.807, 2.05) is 12.1 Å². The van der Waals surface area contributed by atoms with Gasteiger partial charge in [-0.25, -0.2) is 4.39 Å². The minimum atomic E-state index is -0.120. The summed E-state index contributed by atoms with van der Waals surface area (Å²) in [4.78, 5) is 2.28. The van der Waals surface area contributed by atoms with E-state index >= 15 is 0 Å². The summed E-state index contributed by atoms with van der Waals surface area (Å²) in [5, 5.41) is 3.46. The van der Waals surface area contributed by atoms with E-state index in [4.69, 9.17) is 0 Å². The lowest BCUT2D eigenvalue weighted by molar-refractivity contribution is 0.207. The highest BCUT2D eigenvalue weighted by Crippen LogP contribution is 2.20. The molecule has 1 rings (SSSR count). The lowest BCUT2D eigenvalue weighted by Gasteiger charge is -2.30. The molecule has 114 valence electrons. The van der Waals surface area contributed by atoms with Gasteiger partial charge >= 0.3 is 0 Å². The van der Waals surface area contributed by atoms with Gasteiger partial charge in [0.15, 0.2) is 0 Å². The minimum Gasteiger partial charge on any atom is -0.309 e. The second kappa shape index (κ2) is 7.75. The van der Waals surface area contributed by atoms with Gasteiger partial charge in [0.25, 0.3) is 0 Å². The van der Waals surface area contributed by atoms with Crippen molar-refractivity contribution in [1.29, 1.82) is 0 Å². The third-order valence-corrected chi connectivity index (χ3v) is 3.16. The van der Waals surface area contributed by atoms with Crippen LogP contribution in [0.4, 0.5) is 4.39 Å². The Labute approximate surface area is 123 Å². The Morgan fingerprint density at radius 1 is 1.25 bits per heavy atom. The van der Waals surface area contributed by atoms with E-state index in [0.29, 0.717) is 0 Å². The molecule has 1 unspecified atom stereocenters. The topological polar surface area (TPSA) is 15.3 Å². The van der Waals surface area contributed by atoms with Crippen molar-refractivity contribution in [3.63, 3.8) is 0 Å². The predicted molar refractivity (Wildman–Crippen MR) is 84.4 cm³/mol. The predicted octanol–water partition coefficient (Wildman–Crippen LogP) is 3.84. The molecule has 0 bridgehead atoms. The molecule has 20 heavy (non-hydrogen) atoms. The van der Waals surface area contributed by atoms with Crippen molar-refractivity contribution in [2.45, 2.75) is 40.2 Å². The van der Waals surface area contributed by atoms with E-state index in [2.05, 4.69) is 45.0 Å². The van der Waals surface area contributed by atoms with Crippen molar-refractivity contribution in [2.75, 3.05) is 26.7 Å². The maximum atomic E-state index is 14.0. The summed E-state index contributed by atoms with van der Waals surface area (Å²) in [6, 6.07) is 7.12. The van der Waals surface area contributed by atoms with Crippen LogP contribution in [0.2, 0.25) is 0 Å². The molecular weight excluding hydrogens is 251 g/mol. The molecule has 1 aromatic rings. The monoisotopic (exact) mass is 280 g/mol. The van der Waals surface area contributed by atoms with Crippen LogP contribution in [-0.4, -0.2) is 31.6 Å². The van der Waals surface area contributed by atoms with Gasteiger partial charge in [0, 0.05) is 24.7 Å². The third kappa shape index (κ3) is 6.02. The van der Waals surface area contributed by atoms with Crippen molar-refractivity contribution in [3.05, 3.63) is 35.6 Å². The number of hydrogen-bond donors (Lipinski definition) is 1. The van der Waals surface area contributed by atoms with Crippen LogP contribution < -0.4 is 5.32 Å². The Balaban J connectivity index is 2.77. The van der Waals surface area contributed by atoms with Gasteiger partial charge in [-0.05, 0) is 31.5 Å². The minimum absolute atomic E-state index is 0.0449. The standard InChI is InChI=1S/C17H29FN2/c1-6-11-19-16(12-20(5)13-17(2,3)4)14-9-7-8-10-15(14)18/h7-10,16,19H,6,11-13H2,1-5H3. The van der Waals surface area contributed by atoms with Crippen molar-refractivity contribution >= 4 is 0 Å². The molecule has 0 aliphatic heterocycles. The highest BCUT2D eigenvalue weighted by molar-refractivity contribution is 5.21. The number of nitrogens with one attached hydrogen (secondary N) is 1. The number of rotatable bonds is 7. The zero-order valence-corrected chi connectivity index (χ0v) is 13.5. The van der Waals surface area contributed by atoms with E-state index < -0.39 is 0 Å². The summed E-state index contributed by atoms with van der Waals surface area (Å²) in [5.41, 5.74) is 1.01. The fourth-order valence-corrected chi connectivity index (χ4v) is 2.54. The first kappa shape index (κ1) is 17.1. The SMILES string of the molecule is CCCNC(CN(C)CC(C)(C)C)c1ccccc1F. The smallest absolute Gasteiger partial charge is 0.128 e. The molecule has 0 fully saturated rings. The van der Waals surface area contributed by atoms with Crippen LogP contribution in [-0.2, 0) is 0 Å². The van der Waals surface area contributed by atoms with Crippen LogP contribution in [0, 0.1) is 11.2 Å². The largest absolute Gasteiger partial charge is 0.309 e. The van der Waals surface area contributed by atoms with E-state index in [1.165, 1.54) is 0 Å². The first-order valence-electron chi connectivity index (χ1n) is 7.50. The van der Waals surface area contributed by atoms with Crippen LogP contribution in [0.5, 0.6) is 0 Å². The second-order valence-electron chi connectivity index (χ2n) is 6.79. The molecule has 2 nitrogen and oxygen atoms in total. The normalized spacial score (nSPS) is 13.8. The molecule has 1 N–H and O–H groups in total. The Morgan fingerprint density at radius 2 is 1.90 bits per heavy atom. The molecule has 0 aromatic heterocycles. The first-order valence-corrected chi connectivity index (χ1v) is 7.50. The van der Waals surface area contributed by atoms with Gasteiger partial charge in [0.1, 0.15) is 5.82 Å². The molecule has 0 radical (unpaired) electrons. The summed E-state index contributed by atoms with van der Waals surface area (Å²) in [6.07, 6.45) is 1.05. The summed E-state index contributed by atoms with van der Waals surface area (Å²) in [7, 11) is 2.10. The quantitative estimate of drug-likeness (QED) is 0.816. The van der Waals surface area contributed by atoms with Gasteiger partial charge in [0.05, 0.1) is 0 Å². The van der Waals surface area contributed by atoms with Crippen molar-refractivity contribution < 1.29 is 4.39 Å². The molecule has 0 amide bonds. The number of likely N-dealkylation sites (N-methyl/N-ethyl adjacent to an activating group) is 1. The molecule has 0 saturated carbocycles. The van der Waals surface area contributed by atoms with Crippen LogP contribution in [0.15, 0.2) is 24.3 Å². The number of halogens is 1. The van der Waals surface area contributed by atoms with Crippen LogP contribution in [0.1, 0.15) is 45.7 Å². The molecule has 0 spiro atoms. The van der Waals surface area contributed by atoms with E-state index in [1.54, 1.807) is 12.1 Å². The van der Waals surface area contributed by atoms with Gasteiger partial charge in [-0.15, -0.1) is 0 Å². The van der Waals surface area contributed by atoms with Crippen LogP contribution >= 0.6 is 0 Å². The Morgan fingerprint density at radius 3 is 2.45 bits per heavy atom. The lowest BCUT2D eigenvalue weighted by atomic mass is 9.95. The highest BCUT2D eigenvalue weighted by atomic mass is 19.1. The number of hydrogen-bond acceptors (Lipinski definition) is 2. The third-order valence-electron chi connectivity index (χ3n) is 3.16. The molecular formula is C17H29FN2. The van der Waals surface area contributed by atoms with Crippen LogP contribution in [0.3, 0.4) is 0 Å². The Bertz CT molecular complexity index is 398. The van der Waals surface area contributed by atoms with Gasteiger partial charge < -0.3 is 10.2 Å². The summed E-state index contributed by atoms with van der Waals surface area (Å²) < 4.78 is 14.0. The molecule has 0 aliphatic rings. The maximum Gasteiger partial charge on any atom is 0.128 e. The molecule has 1 atom stereocenters. The zero-order valence-electron chi connectivity index (χ0n) is 13.5. The fourth-order valence-electron chi connectivity index (χ4n) is 2.54.